The quantitative estimate of drug-likeness (QED) is 0.156. The lowest BCUT2D eigenvalue weighted by Crippen LogP contribution is -2.48. The molecule has 15 heteroatoms. The maximum Gasteiger partial charge on any atom is 0.469 e. The standard InChI is InChI=1S/C22H25ClF6NO6P/c23-18-11-16(21(24,25)26)5-4-15(18)2-1-9-35-19-6-3-14(10-17(19)22(27,28)29)7-8-20(30,12-31)13-36-37(32,33)34/h3-6,10-11,31H,1-2,7-9,12-13,30H2,(H2,32,33,34). The summed E-state index contributed by atoms with van der Waals surface area (Å²) in [6.45, 7) is -1.62. The lowest BCUT2D eigenvalue weighted by Gasteiger charge is -2.27. The van der Waals surface area contributed by atoms with Crippen molar-refractivity contribution < 1.29 is 55.1 Å². The zero-order valence-corrected chi connectivity index (χ0v) is 20.8. The molecule has 0 fully saturated rings. The summed E-state index contributed by atoms with van der Waals surface area (Å²) in [5.74, 6) is -0.458. The molecule has 1 unspecified atom stereocenters. The molecule has 0 spiro atoms. The minimum atomic E-state index is -4.86. The molecular weight excluding hydrogens is 555 g/mol. The van der Waals surface area contributed by atoms with Crippen molar-refractivity contribution in [2.45, 2.75) is 43.6 Å². The van der Waals surface area contributed by atoms with Crippen molar-refractivity contribution in [2.24, 2.45) is 5.73 Å². The lowest BCUT2D eigenvalue weighted by atomic mass is 9.93. The predicted molar refractivity (Wildman–Crippen MR) is 122 cm³/mol. The summed E-state index contributed by atoms with van der Waals surface area (Å²) in [7, 11) is -4.86. The minimum Gasteiger partial charge on any atom is -0.493 e. The van der Waals surface area contributed by atoms with Gasteiger partial charge in [-0.2, -0.15) is 26.3 Å². The van der Waals surface area contributed by atoms with Gasteiger partial charge in [0.15, 0.2) is 0 Å². The molecule has 0 aliphatic carbocycles. The van der Waals surface area contributed by atoms with Crippen LogP contribution in [-0.2, 0) is 34.3 Å². The Morgan fingerprint density at radius 3 is 2.19 bits per heavy atom. The molecule has 0 aromatic heterocycles. The molecule has 0 aliphatic rings. The summed E-state index contributed by atoms with van der Waals surface area (Å²) in [5.41, 5.74) is 2.83. The fraction of sp³-hybridized carbons (Fsp3) is 0.455. The fourth-order valence-corrected chi connectivity index (χ4v) is 3.95. The number of ether oxygens (including phenoxy) is 1. The normalized spacial score (nSPS) is 14.5. The molecule has 5 N–H and O–H groups in total. The van der Waals surface area contributed by atoms with Crippen molar-refractivity contribution in [2.75, 3.05) is 19.8 Å². The third kappa shape index (κ3) is 10.1. The molecule has 0 aliphatic heterocycles. The van der Waals surface area contributed by atoms with Gasteiger partial charge in [-0.25, -0.2) is 4.57 Å². The van der Waals surface area contributed by atoms with Crippen LogP contribution in [0.25, 0.3) is 0 Å². The van der Waals surface area contributed by atoms with Gasteiger partial charge in [0.1, 0.15) is 5.75 Å². The third-order valence-electron chi connectivity index (χ3n) is 5.32. The number of phosphoric acid groups is 1. The Morgan fingerprint density at radius 2 is 1.65 bits per heavy atom. The van der Waals surface area contributed by atoms with Crippen LogP contribution in [0.2, 0.25) is 5.02 Å². The second-order valence-electron chi connectivity index (χ2n) is 8.37. The highest BCUT2D eigenvalue weighted by molar-refractivity contribution is 7.46. The molecule has 0 saturated heterocycles. The van der Waals surface area contributed by atoms with E-state index in [2.05, 4.69) is 4.52 Å². The molecule has 0 radical (unpaired) electrons. The minimum absolute atomic E-state index is 0.0721. The Kier molecular flexibility index (Phi) is 10.5. The highest BCUT2D eigenvalue weighted by Crippen LogP contribution is 2.39. The van der Waals surface area contributed by atoms with Gasteiger partial charge in [-0.3, -0.25) is 4.52 Å². The first-order valence-electron chi connectivity index (χ1n) is 10.7. The number of alkyl halides is 6. The Hall–Kier alpha value is -1.86. The number of halogens is 7. The summed E-state index contributed by atoms with van der Waals surface area (Å²) in [4.78, 5) is 17.6. The van der Waals surface area contributed by atoms with Crippen molar-refractivity contribution in [3.63, 3.8) is 0 Å². The van der Waals surface area contributed by atoms with Gasteiger partial charge in [-0.15, -0.1) is 0 Å². The van der Waals surface area contributed by atoms with E-state index in [9.17, 15) is 36.0 Å². The highest BCUT2D eigenvalue weighted by atomic mass is 35.5. The van der Waals surface area contributed by atoms with Crippen LogP contribution in [0.4, 0.5) is 26.3 Å². The van der Waals surface area contributed by atoms with E-state index in [1.807, 2.05) is 0 Å². The average molecular weight is 580 g/mol. The predicted octanol–water partition coefficient (Wildman–Crippen LogP) is 5.12. The van der Waals surface area contributed by atoms with Gasteiger partial charge in [0.2, 0.25) is 0 Å². The van der Waals surface area contributed by atoms with Crippen LogP contribution in [0.3, 0.4) is 0 Å². The molecule has 1 atom stereocenters. The monoisotopic (exact) mass is 579 g/mol. The Morgan fingerprint density at radius 1 is 0.973 bits per heavy atom. The van der Waals surface area contributed by atoms with Crippen LogP contribution in [-0.4, -0.2) is 40.3 Å². The topological polar surface area (TPSA) is 122 Å². The molecule has 0 amide bonds. The largest absolute Gasteiger partial charge is 0.493 e. The van der Waals surface area contributed by atoms with Crippen LogP contribution in [0.15, 0.2) is 36.4 Å². The Balaban J connectivity index is 2.03. The van der Waals surface area contributed by atoms with Gasteiger partial charge in [0, 0.05) is 5.02 Å². The molecular formula is C22H25ClF6NO6P. The molecule has 2 aromatic rings. The zero-order chi connectivity index (χ0) is 28.1. The molecule has 7 nitrogen and oxygen atoms in total. The van der Waals surface area contributed by atoms with E-state index >= 15 is 0 Å². The average Bonchev–Trinajstić information content (AvgIpc) is 2.78. The van der Waals surface area contributed by atoms with Gasteiger partial charge < -0.3 is 25.4 Å². The van der Waals surface area contributed by atoms with Gasteiger partial charge in [0.25, 0.3) is 0 Å². The van der Waals surface area contributed by atoms with E-state index in [-0.39, 0.29) is 42.9 Å². The van der Waals surface area contributed by atoms with Crippen LogP contribution in [0.1, 0.15) is 35.1 Å². The number of nitrogens with two attached hydrogens (primary N) is 1. The number of benzene rings is 2. The van der Waals surface area contributed by atoms with Crippen molar-refractivity contribution in [3.8, 4) is 5.75 Å². The number of hydrogen-bond acceptors (Lipinski definition) is 5. The van der Waals surface area contributed by atoms with Gasteiger partial charge >= 0.3 is 20.2 Å². The number of aliphatic hydroxyl groups excluding tert-OH is 1. The van der Waals surface area contributed by atoms with Crippen LogP contribution in [0.5, 0.6) is 5.75 Å². The first kappa shape index (κ1) is 31.4. The van der Waals surface area contributed by atoms with Crippen LogP contribution >= 0.6 is 19.4 Å². The lowest BCUT2D eigenvalue weighted by molar-refractivity contribution is -0.139. The molecule has 2 aromatic carbocycles. The second-order valence-corrected chi connectivity index (χ2v) is 10.0. The number of rotatable bonds is 12. The second kappa shape index (κ2) is 12.3. The summed E-state index contributed by atoms with van der Waals surface area (Å²) in [6, 6.07) is 6.14. The van der Waals surface area contributed by atoms with Crippen LogP contribution < -0.4 is 10.5 Å². The summed E-state index contributed by atoms with van der Waals surface area (Å²) < 4.78 is 99.5. The van der Waals surface area contributed by atoms with E-state index in [4.69, 9.17) is 31.9 Å². The number of hydrogen-bond donors (Lipinski definition) is 4. The van der Waals surface area contributed by atoms with E-state index in [0.29, 0.717) is 5.56 Å². The Labute approximate surface area is 213 Å². The highest BCUT2D eigenvalue weighted by Gasteiger charge is 2.35. The maximum atomic E-state index is 13.6. The molecule has 0 bridgehead atoms. The summed E-state index contributed by atoms with van der Waals surface area (Å²) in [6.07, 6.45) is -9.19. The van der Waals surface area contributed by atoms with E-state index in [1.165, 1.54) is 12.1 Å². The van der Waals surface area contributed by atoms with Crippen molar-refractivity contribution in [1.82, 2.24) is 0 Å². The third-order valence-corrected chi connectivity index (χ3v) is 6.14. The first-order chi connectivity index (χ1) is 16.9. The van der Waals surface area contributed by atoms with Crippen LogP contribution in [0, 0.1) is 0 Å². The molecule has 0 heterocycles. The summed E-state index contributed by atoms with van der Waals surface area (Å²) >= 11 is 5.89. The van der Waals surface area contributed by atoms with Crippen molar-refractivity contribution in [1.29, 1.82) is 0 Å². The SMILES string of the molecule is NC(CO)(CCc1ccc(OCCCc2ccc(C(F)(F)F)cc2Cl)c(C(F)(F)F)c1)COP(=O)(O)O. The van der Waals surface area contributed by atoms with Crippen molar-refractivity contribution in [3.05, 3.63) is 63.7 Å². The van der Waals surface area contributed by atoms with E-state index in [1.54, 1.807) is 0 Å². The maximum absolute atomic E-state index is 13.6. The molecule has 208 valence electrons. The first-order valence-corrected chi connectivity index (χ1v) is 12.6. The Bertz CT molecular complexity index is 1110. The van der Waals surface area contributed by atoms with Gasteiger partial charge in [-0.05, 0) is 61.1 Å². The molecule has 2 rings (SSSR count). The van der Waals surface area contributed by atoms with Gasteiger partial charge in [0.05, 0.1) is 36.5 Å². The number of phosphoric ester groups is 1. The van der Waals surface area contributed by atoms with Crippen molar-refractivity contribution >= 4 is 19.4 Å². The van der Waals surface area contributed by atoms with Gasteiger partial charge in [-0.1, -0.05) is 23.7 Å². The number of aliphatic hydroxyl groups is 1. The van der Waals surface area contributed by atoms with E-state index < -0.39 is 55.8 Å². The molecule has 37 heavy (non-hydrogen) atoms. The van der Waals surface area contributed by atoms with E-state index in [0.717, 1.165) is 24.3 Å². The smallest absolute Gasteiger partial charge is 0.469 e. The molecule has 0 saturated carbocycles. The zero-order valence-electron chi connectivity index (χ0n) is 19.2. The summed E-state index contributed by atoms with van der Waals surface area (Å²) in [5, 5.41) is 9.33. The number of aryl methyl sites for hydroxylation is 2. The fourth-order valence-electron chi connectivity index (χ4n) is 3.25.